The van der Waals surface area contributed by atoms with Gasteiger partial charge in [-0.25, -0.2) is 0 Å². The maximum Gasteiger partial charge on any atom is 0.230 e. The Morgan fingerprint density at radius 1 is 1.24 bits per heavy atom. The smallest absolute Gasteiger partial charge is 0.230 e. The molecule has 0 aliphatic rings. The number of hydrogen-bond acceptors (Lipinski definition) is 4. The summed E-state index contributed by atoms with van der Waals surface area (Å²) in [6.07, 6.45) is 3.04. The van der Waals surface area contributed by atoms with Gasteiger partial charge in [-0.1, -0.05) is 18.7 Å². The number of carboxylic acid groups (broad SMARTS) is 1. The molecule has 1 aromatic carbocycles. The topological polar surface area (TPSA) is 110 Å². The third-order valence-electron chi connectivity index (χ3n) is 3.11. The van der Waals surface area contributed by atoms with E-state index in [2.05, 4.69) is 29.1 Å². The fraction of sp³-hybridized carbons (Fsp3) is 0.235. The number of benzene rings is 1. The van der Waals surface area contributed by atoms with E-state index in [0.29, 0.717) is 29.6 Å². The van der Waals surface area contributed by atoms with Gasteiger partial charge in [-0.3, -0.25) is 4.79 Å². The highest BCUT2D eigenvalue weighted by molar-refractivity contribution is 7.80. The molecule has 0 saturated heterocycles. The van der Waals surface area contributed by atoms with E-state index >= 15 is 0 Å². The van der Waals surface area contributed by atoms with Gasteiger partial charge in [-0.15, -0.1) is 6.58 Å². The first kappa shape index (κ1) is 20.3. The molecule has 25 heavy (non-hydrogen) atoms. The molecule has 1 amide bonds. The zero-order valence-electron chi connectivity index (χ0n) is 13.8. The van der Waals surface area contributed by atoms with Crippen molar-refractivity contribution in [2.24, 2.45) is 0 Å². The molecule has 8 heteroatoms. The maximum atomic E-state index is 12.0. The van der Waals surface area contributed by atoms with Gasteiger partial charge in [-0.2, -0.15) is 0 Å². The van der Waals surface area contributed by atoms with Crippen LogP contribution in [-0.2, 0) is 9.59 Å². The third-order valence-corrected chi connectivity index (χ3v) is 3.35. The van der Waals surface area contributed by atoms with Crippen molar-refractivity contribution in [2.45, 2.75) is 12.5 Å². The number of aliphatic carboxylic acids is 1. The van der Waals surface area contributed by atoms with Crippen LogP contribution in [0.3, 0.4) is 0 Å². The van der Waals surface area contributed by atoms with E-state index in [1.54, 1.807) is 36.4 Å². The lowest BCUT2D eigenvalue weighted by Crippen LogP contribution is -2.93. The van der Waals surface area contributed by atoms with E-state index in [9.17, 15) is 14.7 Å². The molecule has 0 aliphatic heterocycles. The van der Waals surface area contributed by atoms with Gasteiger partial charge in [0.25, 0.3) is 0 Å². The number of anilines is 2. The van der Waals surface area contributed by atoms with Gasteiger partial charge in [0.15, 0.2) is 5.11 Å². The molecule has 1 rings (SSSR count). The molecule has 0 saturated carbocycles. The highest BCUT2D eigenvalue weighted by atomic mass is 32.1. The number of carbonyl (C=O) groups is 2. The van der Waals surface area contributed by atoms with E-state index in [4.69, 9.17) is 12.2 Å². The summed E-state index contributed by atoms with van der Waals surface area (Å²) >= 11 is 5.12. The lowest BCUT2D eigenvalue weighted by Gasteiger charge is -2.16. The molecule has 0 spiro atoms. The van der Waals surface area contributed by atoms with Gasteiger partial charge in [0.2, 0.25) is 5.91 Å². The molecule has 5 N–H and O–H groups in total. The van der Waals surface area contributed by atoms with Crippen molar-refractivity contribution in [1.29, 1.82) is 0 Å². The first-order chi connectivity index (χ1) is 12.0. The number of carbonyl (C=O) groups excluding carboxylic acids is 2. The highest BCUT2D eigenvalue weighted by Crippen LogP contribution is 2.15. The second-order valence-electron chi connectivity index (χ2n) is 5.14. The summed E-state index contributed by atoms with van der Waals surface area (Å²) in [5, 5.41) is 21.6. The van der Waals surface area contributed by atoms with Crippen molar-refractivity contribution in [3.8, 4) is 0 Å². The number of thiocarbonyl (C=S) groups is 1. The van der Waals surface area contributed by atoms with Gasteiger partial charge in [0, 0.05) is 17.9 Å². The Morgan fingerprint density at radius 2 is 1.92 bits per heavy atom. The summed E-state index contributed by atoms with van der Waals surface area (Å²) in [5.74, 6) is -1.70. The SMILES string of the molecule is C=CCNC(=S)Nc1cccc(NC(=O)C[C@@H]([NH2+]CC=C)C(=O)[O-])c1. The second kappa shape index (κ2) is 11.0. The van der Waals surface area contributed by atoms with Crippen LogP contribution < -0.4 is 26.4 Å². The zero-order valence-corrected chi connectivity index (χ0v) is 14.6. The predicted molar refractivity (Wildman–Crippen MR) is 99.9 cm³/mol. The summed E-state index contributed by atoms with van der Waals surface area (Å²) in [7, 11) is 0. The van der Waals surface area contributed by atoms with Crippen molar-refractivity contribution in [3.05, 3.63) is 49.6 Å². The van der Waals surface area contributed by atoms with Crippen molar-refractivity contribution < 1.29 is 20.0 Å². The van der Waals surface area contributed by atoms with E-state index in [-0.39, 0.29) is 6.42 Å². The summed E-state index contributed by atoms with van der Waals surface area (Å²) in [6.45, 7) is 8.03. The normalized spacial score (nSPS) is 11.0. The monoisotopic (exact) mass is 362 g/mol. The Labute approximate surface area is 152 Å². The number of nitrogens with two attached hydrogens (primary N) is 1. The highest BCUT2D eigenvalue weighted by Gasteiger charge is 2.17. The summed E-state index contributed by atoms with van der Waals surface area (Å²) in [5.41, 5.74) is 1.22. The van der Waals surface area contributed by atoms with Crippen molar-refractivity contribution in [2.75, 3.05) is 23.7 Å². The minimum atomic E-state index is -1.29. The standard InChI is InChI=1S/C17H22N4O3S/c1-3-8-18-14(16(23)24)11-15(22)20-12-6-5-7-13(10-12)21-17(25)19-9-4-2/h3-7,10,14,18H,1-2,8-9,11H2,(H,20,22)(H,23,24)(H2,19,21,25)/t14-/m1/s1. The maximum absolute atomic E-state index is 12.0. The van der Waals surface area contributed by atoms with Crippen LogP contribution in [0.2, 0.25) is 0 Å². The lowest BCUT2D eigenvalue weighted by atomic mass is 10.2. The molecule has 0 aromatic heterocycles. The van der Waals surface area contributed by atoms with Crippen LogP contribution in [0.4, 0.5) is 11.4 Å². The molecule has 0 bridgehead atoms. The van der Waals surface area contributed by atoms with Gasteiger partial charge in [0.05, 0.1) is 18.9 Å². The van der Waals surface area contributed by atoms with Crippen molar-refractivity contribution in [1.82, 2.24) is 5.32 Å². The average Bonchev–Trinajstić information content (AvgIpc) is 2.56. The number of nitrogens with one attached hydrogen (secondary N) is 3. The quantitative estimate of drug-likeness (QED) is 0.325. The molecule has 1 aromatic rings. The van der Waals surface area contributed by atoms with Crippen LogP contribution in [-0.4, -0.2) is 36.1 Å². The zero-order chi connectivity index (χ0) is 18.7. The molecule has 134 valence electrons. The fourth-order valence-electron chi connectivity index (χ4n) is 1.95. The molecule has 0 heterocycles. The lowest BCUT2D eigenvalue weighted by molar-refractivity contribution is -0.674. The molecule has 0 radical (unpaired) electrons. The minimum absolute atomic E-state index is 0.201. The fourth-order valence-corrected chi connectivity index (χ4v) is 2.15. The number of quaternary nitrogens is 1. The summed E-state index contributed by atoms with van der Waals surface area (Å²) in [6, 6.07) is 5.97. The van der Waals surface area contributed by atoms with Crippen LogP contribution in [0.15, 0.2) is 49.6 Å². The Balaban J connectivity index is 2.63. The van der Waals surface area contributed by atoms with E-state index in [1.807, 2.05) is 0 Å². The molecule has 0 aliphatic carbocycles. The Morgan fingerprint density at radius 3 is 2.52 bits per heavy atom. The number of hydrogen-bond donors (Lipinski definition) is 4. The average molecular weight is 362 g/mol. The van der Waals surface area contributed by atoms with Crippen molar-refractivity contribution >= 4 is 40.6 Å². The molecular formula is C17H22N4O3S. The van der Waals surface area contributed by atoms with E-state index in [0.717, 1.165) is 0 Å². The number of carboxylic acids is 1. The van der Waals surface area contributed by atoms with Crippen LogP contribution in [0.25, 0.3) is 0 Å². The van der Waals surface area contributed by atoms with Crippen molar-refractivity contribution in [3.63, 3.8) is 0 Å². The molecule has 0 unspecified atom stereocenters. The third kappa shape index (κ3) is 8.09. The second-order valence-corrected chi connectivity index (χ2v) is 5.55. The predicted octanol–water partition coefficient (Wildman–Crippen LogP) is -0.644. The van der Waals surface area contributed by atoms with Crippen LogP contribution in [0, 0.1) is 0 Å². The van der Waals surface area contributed by atoms with Gasteiger partial charge in [0.1, 0.15) is 6.04 Å². The Bertz CT molecular complexity index is 649. The molecule has 7 nitrogen and oxygen atoms in total. The largest absolute Gasteiger partial charge is 0.544 e. The van der Waals surface area contributed by atoms with Crippen LogP contribution >= 0.6 is 12.2 Å². The summed E-state index contributed by atoms with van der Waals surface area (Å²) < 4.78 is 0. The summed E-state index contributed by atoms with van der Waals surface area (Å²) in [4.78, 5) is 23.1. The van der Waals surface area contributed by atoms with Gasteiger partial charge in [-0.05, 0) is 36.5 Å². The van der Waals surface area contributed by atoms with E-state index < -0.39 is 17.9 Å². The molecule has 1 atom stereocenters. The van der Waals surface area contributed by atoms with Gasteiger partial charge >= 0.3 is 0 Å². The van der Waals surface area contributed by atoms with Crippen LogP contribution in [0.1, 0.15) is 6.42 Å². The Kier molecular flexibility index (Phi) is 8.91. The van der Waals surface area contributed by atoms with Crippen LogP contribution in [0.5, 0.6) is 0 Å². The molecular weight excluding hydrogens is 340 g/mol. The Hall–Kier alpha value is -2.71. The van der Waals surface area contributed by atoms with Gasteiger partial charge < -0.3 is 31.2 Å². The molecule has 0 fully saturated rings. The first-order valence-electron chi connectivity index (χ1n) is 7.67. The minimum Gasteiger partial charge on any atom is -0.544 e. The number of amides is 1. The van der Waals surface area contributed by atoms with E-state index in [1.165, 1.54) is 5.32 Å². The number of rotatable bonds is 10. The first-order valence-corrected chi connectivity index (χ1v) is 8.07.